The predicted octanol–water partition coefficient (Wildman–Crippen LogP) is 1.61. The van der Waals surface area contributed by atoms with Gasteiger partial charge in [-0.25, -0.2) is 0 Å². The van der Waals surface area contributed by atoms with Gasteiger partial charge in [0.2, 0.25) is 0 Å². The Labute approximate surface area is 119 Å². The van der Waals surface area contributed by atoms with Crippen LogP contribution in [0.2, 0.25) is 5.02 Å². The number of amides is 1. The Hall–Kier alpha value is -2.17. The molecule has 1 aliphatic heterocycles. The summed E-state index contributed by atoms with van der Waals surface area (Å²) in [5.41, 5.74) is -0.452. The first-order valence-corrected chi connectivity index (χ1v) is 6.14. The van der Waals surface area contributed by atoms with Gasteiger partial charge in [0, 0.05) is 17.6 Å². The number of ether oxygens (including phenoxy) is 1. The molecule has 1 saturated heterocycles. The number of hydrogen-bond donors (Lipinski definition) is 0. The van der Waals surface area contributed by atoms with Crippen LogP contribution in [0.1, 0.15) is 10.4 Å². The molecule has 0 aliphatic carbocycles. The van der Waals surface area contributed by atoms with Gasteiger partial charge < -0.3 is 9.64 Å². The first kappa shape index (κ1) is 14.2. The van der Waals surface area contributed by atoms with Gasteiger partial charge in [-0.3, -0.25) is 14.9 Å². The van der Waals surface area contributed by atoms with E-state index in [1.807, 2.05) is 6.07 Å². The standard InChI is InChI=1S/C12H10ClN3O4/c13-8-1-2-11(16(18)19)10(5-8)12(17)15-3-4-20-7-9(15)6-14/h1-2,5,9H,3-4,7H2/t9-/m0/s1. The maximum atomic E-state index is 12.4. The molecule has 1 aliphatic rings. The summed E-state index contributed by atoms with van der Waals surface area (Å²) in [5, 5.41) is 20.2. The first-order chi connectivity index (χ1) is 9.54. The van der Waals surface area contributed by atoms with Crippen LogP contribution in [-0.2, 0) is 4.74 Å². The molecule has 1 amide bonds. The second-order valence-corrected chi connectivity index (χ2v) is 4.57. The molecule has 0 bridgehead atoms. The number of rotatable bonds is 2. The predicted molar refractivity (Wildman–Crippen MR) is 69.4 cm³/mol. The fraction of sp³-hybridized carbons (Fsp3) is 0.333. The Kier molecular flexibility index (Phi) is 4.17. The van der Waals surface area contributed by atoms with E-state index in [1.165, 1.54) is 23.1 Å². The van der Waals surface area contributed by atoms with Gasteiger partial charge in [-0.1, -0.05) is 11.6 Å². The lowest BCUT2D eigenvalue weighted by Gasteiger charge is -2.31. The SMILES string of the molecule is N#C[C@H]1COCCN1C(=O)c1cc(Cl)ccc1[N+](=O)[O-]. The van der Waals surface area contributed by atoms with E-state index in [1.54, 1.807) is 0 Å². The molecule has 0 aromatic heterocycles. The molecule has 104 valence electrons. The molecule has 7 nitrogen and oxygen atoms in total. The van der Waals surface area contributed by atoms with Crippen LogP contribution in [0.15, 0.2) is 18.2 Å². The Bertz CT molecular complexity index is 599. The molecule has 1 atom stereocenters. The van der Waals surface area contributed by atoms with Crippen molar-refractivity contribution in [1.29, 1.82) is 5.26 Å². The number of nitrogens with zero attached hydrogens (tertiary/aromatic N) is 3. The molecule has 1 aromatic rings. The normalized spacial score (nSPS) is 18.4. The van der Waals surface area contributed by atoms with Gasteiger partial charge in [0.1, 0.15) is 11.6 Å². The van der Waals surface area contributed by atoms with Crippen LogP contribution in [0.4, 0.5) is 5.69 Å². The maximum absolute atomic E-state index is 12.4. The number of carbonyl (C=O) groups is 1. The van der Waals surface area contributed by atoms with Gasteiger partial charge in [-0.15, -0.1) is 0 Å². The lowest BCUT2D eigenvalue weighted by Crippen LogP contribution is -2.48. The molecule has 0 N–H and O–H groups in total. The quantitative estimate of drug-likeness (QED) is 0.610. The minimum Gasteiger partial charge on any atom is -0.376 e. The second-order valence-electron chi connectivity index (χ2n) is 4.14. The molecule has 2 rings (SSSR count). The lowest BCUT2D eigenvalue weighted by molar-refractivity contribution is -0.385. The summed E-state index contributed by atoms with van der Waals surface area (Å²) in [6, 6.07) is 4.96. The zero-order valence-corrected chi connectivity index (χ0v) is 11.0. The van der Waals surface area contributed by atoms with E-state index in [0.717, 1.165) is 0 Å². The number of morpholine rings is 1. The molecule has 0 radical (unpaired) electrons. The van der Waals surface area contributed by atoms with Crippen molar-refractivity contribution in [2.75, 3.05) is 19.8 Å². The van der Waals surface area contributed by atoms with E-state index >= 15 is 0 Å². The van der Waals surface area contributed by atoms with Crippen LogP contribution in [0, 0.1) is 21.4 Å². The lowest BCUT2D eigenvalue weighted by atomic mass is 10.1. The van der Waals surface area contributed by atoms with Crippen molar-refractivity contribution < 1.29 is 14.5 Å². The topological polar surface area (TPSA) is 96.5 Å². The van der Waals surface area contributed by atoms with Crippen LogP contribution in [-0.4, -0.2) is 41.5 Å². The number of benzene rings is 1. The third-order valence-corrected chi connectivity index (χ3v) is 3.16. The van der Waals surface area contributed by atoms with Crippen molar-refractivity contribution >= 4 is 23.2 Å². The van der Waals surface area contributed by atoms with Gasteiger partial charge in [0.05, 0.1) is 24.2 Å². The highest BCUT2D eigenvalue weighted by Gasteiger charge is 2.31. The van der Waals surface area contributed by atoms with E-state index in [4.69, 9.17) is 21.6 Å². The van der Waals surface area contributed by atoms with Crippen molar-refractivity contribution in [1.82, 2.24) is 4.90 Å². The highest BCUT2D eigenvalue weighted by molar-refractivity contribution is 6.31. The van der Waals surface area contributed by atoms with Gasteiger partial charge in [0.25, 0.3) is 11.6 Å². The van der Waals surface area contributed by atoms with Crippen molar-refractivity contribution in [2.45, 2.75) is 6.04 Å². The third-order valence-electron chi connectivity index (χ3n) is 2.92. The van der Waals surface area contributed by atoms with Crippen molar-refractivity contribution in [3.63, 3.8) is 0 Å². The highest BCUT2D eigenvalue weighted by atomic mass is 35.5. The fourth-order valence-electron chi connectivity index (χ4n) is 1.95. The number of halogens is 1. The van der Waals surface area contributed by atoms with Crippen molar-refractivity contribution in [3.8, 4) is 6.07 Å². The first-order valence-electron chi connectivity index (χ1n) is 5.77. The van der Waals surface area contributed by atoms with Crippen LogP contribution >= 0.6 is 11.6 Å². The molecular formula is C12H10ClN3O4. The van der Waals surface area contributed by atoms with Crippen molar-refractivity contribution in [3.05, 3.63) is 38.9 Å². The molecule has 20 heavy (non-hydrogen) atoms. The average Bonchev–Trinajstić information content (AvgIpc) is 2.46. The summed E-state index contributed by atoms with van der Waals surface area (Å²) < 4.78 is 5.11. The Morgan fingerprint density at radius 2 is 2.35 bits per heavy atom. The van der Waals surface area contributed by atoms with Crippen LogP contribution in [0.5, 0.6) is 0 Å². The number of nitriles is 1. The monoisotopic (exact) mass is 295 g/mol. The molecule has 0 saturated carbocycles. The van der Waals surface area contributed by atoms with E-state index < -0.39 is 16.9 Å². The molecule has 8 heteroatoms. The van der Waals surface area contributed by atoms with Crippen molar-refractivity contribution in [2.24, 2.45) is 0 Å². The molecule has 0 spiro atoms. The molecule has 1 aromatic carbocycles. The minimum absolute atomic E-state index is 0.0939. The van der Waals surface area contributed by atoms with Gasteiger partial charge in [0.15, 0.2) is 0 Å². The maximum Gasteiger partial charge on any atom is 0.282 e. The Morgan fingerprint density at radius 1 is 1.60 bits per heavy atom. The Balaban J connectivity index is 2.40. The summed E-state index contributed by atoms with van der Waals surface area (Å²) in [6.45, 7) is 0.593. The highest BCUT2D eigenvalue weighted by Crippen LogP contribution is 2.25. The fourth-order valence-corrected chi connectivity index (χ4v) is 2.12. The van der Waals surface area contributed by atoms with E-state index in [-0.39, 0.29) is 36.0 Å². The summed E-state index contributed by atoms with van der Waals surface area (Å²) in [7, 11) is 0. The van der Waals surface area contributed by atoms with Crippen LogP contribution in [0.25, 0.3) is 0 Å². The molecular weight excluding hydrogens is 286 g/mol. The largest absolute Gasteiger partial charge is 0.376 e. The van der Waals surface area contributed by atoms with E-state index in [0.29, 0.717) is 0 Å². The van der Waals surface area contributed by atoms with E-state index in [9.17, 15) is 14.9 Å². The number of nitro benzene ring substituents is 1. The van der Waals surface area contributed by atoms with E-state index in [2.05, 4.69) is 0 Å². The van der Waals surface area contributed by atoms with Gasteiger partial charge in [-0.2, -0.15) is 5.26 Å². The molecule has 1 fully saturated rings. The van der Waals surface area contributed by atoms with Gasteiger partial charge >= 0.3 is 0 Å². The summed E-state index contributed by atoms with van der Waals surface area (Å²) in [4.78, 5) is 24.0. The zero-order chi connectivity index (χ0) is 14.7. The minimum atomic E-state index is -0.755. The molecule has 1 heterocycles. The molecule has 0 unspecified atom stereocenters. The second kappa shape index (κ2) is 5.86. The number of carbonyl (C=O) groups excluding carboxylic acids is 1. The zero-order valence-electron chi connectivity index (χ0n) is 10.3. The summed E-state index contributed by atoms with van der Waals surface area (Å²) in [6.07, 6.45) is 0. The number of nitro groups is 1. The Morgan fingerprint density at radius 3 is 3.00 bits per heavy atom. The van der Waals surface area contributed by atoms with Gasteiger partial charge in [-0.05, 0) is 12.1 Å². The number of hydrogen-bond acceptors (Lipinski definition) is 5. The summed E-state index contributed by atoms with van der Waals surface area (Å²) in [5.74, 6) is -0.589. The third kappa shape index (κ3) is 2.71. The van der Waals surface area contributed by atoms with Crippen LogP contribution < -0.4 is 0 Å². The smallest absolute Gasteiger partial charge is 0.282 e. The van der Waals surface area contributed by atoms with Crippen LogP contribution in [0.3, 0.4) is 0 Å². The average molecular weight is 296 g/mol. The summed E-state index contributed by atoms with van der Waals surface area (Å²) >= 11 is 5.79.